The lowest BCUT2D eigenvalue weighted by Crippen LogP contribution is -2.28. The standard InChI is InChI=1S/C15H24BrN3/c1-17-11-13-4-5-14(15(16)10-13)12-19-7-3-6-18(2)8-9-19/h4-5,10,17H,3,6-9,11-12H2,1-2H3. The third-order valence-electron chi connectivity index (χ3n) is 3.70. The maximum Gasteiger partial charge on any atom is 0.0245 e. The first-order chi connectivity index (χ1) is 9.19. The Morgan fingerprint density at radius 1 is 1.21 bits per heavy atom. The van der Waals surface area contributed by atoms with Crippen molar-refractivity contribution in [3.8, 4) is 0 Å². The molecule has 0 saturated carbocycles. The second kappa shape index (κ2) is 7.39. The van der Waals surface area contributed by atoms with Gasteiger partial charge in [0.25, 0.3) is 0 Å². The van der Waals surface area contributed by atoms with Gasteiger partial charge in [0.2, 0.25) is 0 Å². The SMILES string of the molecule is CNCc1ccc(CN2CCCN(C)CC2)c(Br)c1. The van der Waals surface area contributed by atoms with E-state index in [0.717, 1.165) is 13.1 Å². The minimum atomic E-state index is 0.924. The quantitative estimate of drug-likeness (QED) is 0.916. The third-order valence-corrected chi connectivity index (χ3v) is 4.44. The Morgan fingerprint density at radius 2 is 2.05 bits per heavy atom. The van der Waals surface area contributed by atoms with E-state index in [2.05, 4.69) is 56.3 Å². The fraction of sp³-hybridized carbons (Fsp3) is 0.600. The van der Waals surface area contributed by atoms with E-state index in [1.807, 2.05) is 7.05 Å². The van der Waals surface area contributed by atoms with Gasteiger partial charge in [-0.3, -0.25) is 4.90 Å². The van der Waals surface area contributed by atoms with E-state index in [-0.39, 0.29) is 0 Å². The molecule has 0 unspecified atom stereocenters. The van der Waals surface area contributed by atoms with E-state index >= 15 is 0 Å². The van der Waals surface area contributed by atoms with Crippen molar-refractivity contribution in [2.45, 2.75) is 19.5 Å². The third kappa shape index (κ3) is 4.56. The first-order valence-electron chi connectivity index (χ1n) is 7.02. The van der Waals surface area contributed by atoms with Crippen molar-refractivity contribution in [3.63, 3.8) is 0 Å². The molecular formula is C15H24BrN3. The molecule has 0 amide bonds. The van der Waals surface area contributed by atoms with Crippen molar-refractivity contribution in [3.05, 3.63) is 33.8 Å². The van der Waals surface area contributed by atoms with Crippen LogP contribution in [0.3, 0.4) is 0 Å². The van der Waals surface area contributed by atoms with Crippen LogP contribution in [0.1, 0.15) is 17.5 Å². The van der Waals surface area contributed by atoms with Crippen molar-refractivity contribution in [1.82, 2.24) is 15.1 Å². The molecular weight excluding hydrogens is 302 g/mol. The minimum absolute atomic E-state index is 0.924. The lowest BCUT2D eigenvalue weighted by Gasteiger charge is -2.21. The fourth-order valence-electron chi connectivity index (χ4n) is 2.53. The van der Waals surface area contributed by atoms with Gasteiger partial charge in [-0.25, -0.2) is 0 Å². The molecule has 1 N–H and O–H groups in total. The fourth-order valence-corrected chi connectivity index (χ4v) is 3.08. The topological polar surface area (TPSA) is 18.5 Å². The van der Waals surface area contributed by atoms with Crippen LogP contribution >= 0.6 is 15.9 Å². The summed E-state index contributed by atoms with van der Waals surface area (Å²) < 4.78 is 1.23. The van der Waals surface area contributed by atoms with Crippen LogP contribution in [0.4, 0.5) is 0 Å². The predicted molar refractivity (Wildman–Crippen MR) is 84.3 cm³/mol. The van der Waals surface area contributed by atoms with Gasteiger partial charge in [-0.2, -0.15) is 0 Å². The van der Waals surface area contributed by atoms with E-state index in [0.29, 0.717) is 0 Å². The number of rotatable bonds is 4. The van der Waals surface area contributed by atoms with Crippen molar-refractivity contribution in [2.24, 2.45) is 0 Å². The molecule has 19 heavy (non-hydrogen) atoms. The van der Waals surface area contributed by atoms with Gasteiger partial charge in [-0.1, -0.05) is 28.1 Å². The van der Waals surface area contributed by atoms with Crippen molar-refractivity contribution in [1.29, 1.82) is 0 Å². The van der Waals surface area contributed by atoms with Crippen molar-refractivity contribution in [2.75, 3.05) is 40.3 Å². The van der Waals surface area contributed by atoms with Gasteiger partial charge in [-0.15, -0.1) is 0 Å². The average molecular weight is 326 g/mol. The van der Waals surface area contributed by atoms with Gasteiger partial charge in [0.15, 0.2) is 0 Å². The van der Waals surface area contributed by atoms with E-state index < -0.39 is 0 Å². The molecule has 4 heteroatoms. The monoisotopic (exact) mass is 325 g/mol. The maximum absolute atomic E-state index is 3.71. The summed E-state index contributed by atoms with van der Waals surface area (Å²) >= 11 is 3.71. The molecule has 3 nitrogen and oxygen atoms in total. The molecule has 1 heterocycles. The second-order valence-electron chi connectivity index (χ2n) is 5.39. The van der Waals surface area contributed by atoms with Gasteiger partial charge in [0, 0.05) is 30.7 Å². The molecule has 2 rings (SSSR count). The Kier molecular flexibility index (Phi) is 5.82. The molecule has 1 aromatic rings. The Balaban J connectivity index is 1.98. The molecule has 1 saturated heterocycles. The van der Waals surface area contributed by atoms with Gasteiger partial charge in [0.05, 0.1) is 0 Å². The maximum atomic E-state index is 3.71. The molecule has 0 aliphatic carbocycles. The Hall–Kier alpha value is -0.420. The molecule has 1 fully saturated rings. The largest absolute Gasteiger partial charge is 0.316 e. The van der Waals surface area contributed by atoms with Gasteiger partial charge >= 0.3 is 0 Å². The molecule has 1 aliphatic heterocycles. The summed E-state index contributed by atoms with van der Waals surface area (Å²) in [6.07, 6.45) is 1.27. The molecule has 0 aromatic heterocycles. The number of nitrogens with zero attached hydrogens (tertiary/aromatic N) is 2. The molecule has 0 spiro atoms. The van der Waals surface area contributed by atoms with Gasteiger partial charge in [-0.05, 0) is 50.8 Å². The van der Waals surface area contributed by atoms with Crippen LogP contribution < -0.4 is 5.32 Å². The molecule has 1 aromatic carbocycles. The number of nitrogens with one attached hydrogen (secondary N) is 1. The minimum Gasteiger partial charge on any atom is -0.316 e. The smallest absolute Gasteiger partial charge is 0.0245 e. The zero-order valence-corrected chi connectivity index (χ0v) is 13.5. The van der Waals surface area contributed by atoms with Crippen LogP contribution in [0.2, 0.25) is 0 Å². The highest BCUT2D eigenvalue weighted by Gasteiger charge is 2.13. The Bertz CT molecular complexity index is 408. The number of hydrogen-bond acceptors (Lipinski definition) is 3. The highest BCUT2D eigenvalue weighted by molar-refractivity contribution is 9.10. The van der Waals surface area contributed by atoms with Gasteiger partial charge < -0.3 is 10.2 Å². The van der Waals surface area contributed by atoms with Crippen molar-refractivity contribution < 1.29 is 0 Å². The van der Waals surface area contributed by atoms with Crippen LogP contribution in [-0.2, 0) is 13.1 Å². The molecule has 1 aliphatic rings. The highest BCUT2D eigenvalue weighted by Crippen LogP contribution is 2.21. The van der Waals surface area contributed by atoms with E-state index in [1.165, 1.54) is 48.2 Å². The molecule has 106 valence electrons. The summed E-state index contributed by atoms with van der Waals surface area (Å²) in [7, 11) is 4.20. The van der Waals surface area contributed by atoms with Crippen LogP contribution in [0, 0.1) is 0 Å². The number of halogens is 1. The Morgan fingerprint density at radius 3 is 2.79 bits per heavy atom. The van der Waals surface area contributed by atoms with E-state index in [1.54, 1.807) is 0 Å². The van der Waals surface area contributed by atoms with Crippen LogP contribution in [-0.4, -0.2) is 50.1 Å². The Labute approximate surface area is 125 Å². The lowest BCUT2D eigenvalue weighted by molar-refractivity contribution is 0.269. The van der Waals surface area contributed by atoms with Crippen LogP contribution in [0.25, 0.3) is 0 Å². The van der Waals surface area contributed by atoms with Crippen molar-refractivity contribution >= 4 is 15.9 Å². The zero-order valence-electron chi connectivity index (χ0n) is 12.0. The van der Waals surface area contributed by atoms with Gasteiger partial charge in [0.1, 0.15) is 0 Å². The predicted octanol–water partition coefficient (Wildman–Crippen LogP) is 2.31. The average Bonchev–Trinajstić information content (AvgIpc) is 2.58. The van der Waals surface area contributed by atoms with Crippen LogP contribution in [0.5, 0.6) is 0 Å². The highest BCUT2D eigenvalue weighted by atomic mass is 79.9. The second-order valence-corrected chi connectivity index (χ2v) is 6.24. The normalized spacial score (nSPS) is 18.5. The summed E-state index contributed by atoms with van der Waals surface area (Å²) in [5.74, 6) is 0. The van der Waals surface area contributed by atoms with E-state index in [4.69, 9.17) is 0 Å². The summed E-state index contributed by atoms with van der Waals surface area (Å²) in [5, 5.41) is 3.19. The summed E-state index contributed by atoms with van der Waals surface area (Å²) in [6, 6.07) is 6.71. The molecule has 0 radical (unpaired) electrons. The van der Waals surface area contributed by atoms with Crippen LogP contribution in [0.15, 0.2) is 22.7 Å². The molecule has 0 atom stereocenters. The summed E-state index contributed by atoms with van der Waals surface area (Å²) in [6.45, 7) is 6.74. The zero-order chi connectivity index (χ0) is 13.7. The molecule has 0 bridgehead atoms. The number of hydrogen-bond donors (Lipinski definition) is 1. The number of benzene rings is 1. The number of likely N-dealkylation sites (N-methyl/N-ethyl adjacent to an activating group) is 1. The van der Waals surface area contributed by atoms with E-state index in [9.17, 15) is 0 Å². The lowest BCUT2D eigenvalue weighted by atomic mass is 10.1. The first-order valence-corrected chi connectivity index (χ1v) is 7.81. The summed E-state index contributed by atoms with van der Waals surface area (Å²) in [5.41, 5.74) is 2.72. The summed E-state index contributed by atoms with van der Waals surface area (Å²) in [4.78, 5) is 4.98. The first kappa shape index (κ1) is 15.0.